The molecule has 2 aromatic heterocycles. The second kappa shape index (κ2) is 16.6. The van der Waals surface area contributed by atoms with Gasteiger partial charge < -0.3 is 39.8 Å². The summed E-state index contributed by atoms with van der Waals surface area (Å²) >= 11 is 8.29. The van der Waals surface area contributed by atoms with Gasteiger partial charge in [-0.15, -0.1) is 11.3 Å². The Morgan fingerprint density at radius 1 is 1.07 bits per heavy atom. The lowest BCUT2D eigenvalue weighted by atomic mass is 9.85. The highest BCUT2D eigenvalue weighted by Crippen LogP contribution is 2.52. The molecule has 3 heterocycles. The highest BCUT2D eigenvalue weighted by Gasteiger charge is 2.62. The average molecular weight is 850 g/mol. The number of pyridine rings is 1. The van der Waals surface area contributed by atoms with Crippen LogP contribution in [0.15, 0.2) is 23.6 Å². The molecule has 0 bridgehead atoms. The zero-order valence-electron chi connectivity index (χ0n) is 34.4. The summed E-state index contributed by atoms with van der Waals surface area (Å²) in [4.78, 5) is 66.6. The number of fused-ring (bicyclic) bond motifs is 2. The molecular formula is C42H52ClN7O8S. The maximum Gasteiger partial charge on any atom is 0.408 e. The van der Waals surface area contributed by atoms with Crippen LogP contribution < -0.4 is 25.4 Å². The van der Waals surface area contributed by atoms with Crippen molar-refractivity contribution in [1.29, 1.82) is 5.26 Å². The zero-order valence-corrected chi connectivity index (χ0v) is 36.0. The molecule has 4 aliphatic rings. The Labute approximate surface area is 352 Å². The molecule has 3 saturated carbocycles. The number of carbonyl (C=O) groups excluding carboxylic acids is 4. The van der Waals surface area contributed by atoms with Gasteiger partial charge in [0.25, 0.3) is 0 Å². The number of nitrogens with zero attached hydrogens (tertiary/aromatic N) is 4. The number of halogens is 1. The number of benzene rings is 1. The second-order valence-electron chi connectivity index (χ2n) is 17.5. The van der Waals surface area contributed by atoms with Crippen LogP contribution in [0.25, 0.3) is 22.3 Å². The molecule has 1 aliphatic heterocycles. The minimum atomic E-state index is -1.20. The third kappa shape index (κ3) is 8.87. The highest BCUT2D eigenvalue weighted by atomic mass is 35.5. The van der Waals surface area contributed by atoms with E-state index in [1.165, 1.54) is 29.8 Å². The summed E-state index contributed by atoms with van der Waals surface area (Å²) < 4.78 is 23.2. The summed E-state index contributed by atoms with van der Waals surface area (Å²) in [7, 11) is 1.29. The van der Waals surface area contributed by atoms with E-state index >= 15 is 0 Å². The molecule has 0 radical (unpaired) electrons. The number of alkyl carbamates (subject to hydrolysis) is 1. The van der Waals surface area contributed by atoms with Crippen molar-refractivity contribution in [3.05, 3.63) is 28.6 Å². The predicted octanol–water partition coefficient (Wildman–Crippen LogP) is 6.48. The standard InChI is InChI=1S/C42H52ClN7O8S/c1-8-24-18-42(24,38(53)55-7)49-36(51)30-16-26(19-50(30)37(52)35(41(4,5)6)48-40(54)58-25-14-22-13-23(22)15-25)57-32-17-28(29-20-59-39(47-29)45-21(2)3)46-34-27(32)9-10-31(33(34)43)56-12-11-44/h9-10,17,20-26,30,35H,8,12-16,18-19H2,1-7H3,(H,45,47)(H,48,54)(H,49,51)/t22-,23+,24-,25?,26+,30+,35-,42?/m1/s1. The van der Waals surface area contributed by atoms with Crippen molar-refractivity contribution in [3.63, 3.8) is 0 Å². The van der Waals surface area contributed by atoms with E-state index in [-0.39, 0.29) is 48.4 Å². The smallest absolute Gasteiger partial charge is 0.408 e. The third-order valence-corrected chi connectivity index (χ3v) is 12.9. The number of esters is 1. The van der Waals surface area contributed by atoms with Crippen molar-refractivity contribution >= 4 is 62.8 Å². The van der Waals surface area contributed by atoms with Crippen LogP contribution in [-0.4, -0.2) is 94.9 Å². The molecule has 316 valence electrons. The van der Waals surface area contributed by atoms with Crippen LogP contribution in [0.3, 0.4) is 0 Å². The van der Waals surface area contributed by atoms with Crippen molar-refractivity contribution in [2.45, 2.75) is 116 Å². The number of nitrogens with one attached hydrogen (secondary N) is 3. The van der Waals surface area contributed by atoms with Crippen molar-refractivity contribution in [3.8, 4) is 29.0 Å². The lowest BCUT2D eigenvalue weighted by Crippen LogP contribution is -2.59. The summed E-state index contributed by atoms with van der Waals surface area (Å²) in [5, 5.41) is 21.5. The number of aromatic nitrogens is 2. The topological polar surface area (TPSA) is 194 Å². The van der Waals surface area contributed by atoms with Gasteiger partial charge in [-0.1, -0.05) is 45.7 Å². The molecule has 3 aliphatic carbocycles. The molecule has 0 spiro atoms. The van der Waals surface area contributed by atoms with Crippen molar-refractivity contribution in [1.82, 2.24) is 25.5 Å². The molecule has 3 aromatic rings. The number of methoxy groups -OCH3 is 1. The zero-order chi connectivity index (χ0) is 42.4. The Morgan fingerprint density at radius 2 is 1.81 bits per heavy atom. The van der Waals surface area contributed by atoms with E-state index in [1.54, 1.807) is 18.2 Å². The van der Waals surface area contributed by atoms with Gasteiger partial charge in [-0.2, -0.15) is 5.26 Å². The van der Waals surface area contributed by atoms with Gasteiger partial charge in [-0.25, -0.2) is 19.6 Å². The van der Waals surface area contributed by atoms with Crippen molar-refractivity contribution in [2.75, 3.05) is 25.6 Å². The van der Waals surface area contributed by atoms with Crippen LogP contribution in [0.2, 0.25) is 5.02 Å². The van der Waals surface area contributed by atoms with Crippen molar-refractivity contribution in [2.24, 2.45) is 23.2 Å². The Balaban J connectivity index is 1.21. The summed E-state index contributed by atoms with van der Waals surface area (Å²) in [5.74, 6) is 0.165. The minimum absolute atomic E-state index is 0.0238. The number of amides is 3. The van der Waals surface area contributed by atoms with Gasteiger partial charge in [0.2, 0.25) is 11.8 Å². The number of nitriles is 1. The largest absolute Gasteiger partial charge is 0.488 e. The van der Waals surface area contributed by atoms with Crippen LogP contribution in [0.5, 0.6) is 11.5 Å². The summed E-state index contributed by atoms with van der Waals surface area (Å²) in [5.41, 5.74) is -0.616. The van der Waals surface area contributed by atoms with Gasteiger partial charge >= 0.3 is 12.1 Å². The molecule has 2 unspecified atom stereocenters. The number of hydrogen-bond donors (Lipinski definition) is 3. The fraction of sp³-hybridized carbons (Fsp3) is 0.595. The number of anilines is 1. The lowest BCUT2D eigenvalue weighted by molar-refractivity contribution is -0.148. The number of thiazole rings is 1. The van der Waals surface area contributed by atoms with Gasteiger partial charge in [0, 0.05) is 29.3 Å². The molecular weight excluding hydrogens is 798 g/mol. The van der Waals surface area contributed by atoms with Gasteiger partial charge in [0.15, 0.2) is 11.7 Å². The fourth-order valence-electron chi connectivity index (χ4n) is 8.55. The summed E-state index contributed by atoms with van der Waals surface area (Å²) in [6.45, 7) is 11.2. The molecule has 1 aromatic carbocycles. The first-order valence-electron chi connectivity index (χ1n) is 20.2. The highest BCUT2D eigenvalue weighted by molar-refractivity contribution is 7.14. The van der Waals surface area contributed by atoms with E-state index < -0.39 is 53.0 Å². The van der Waals surface area contributed by atoms with Crippen LogP contribution in [0.4, 0.5) is 9.93 Å². The molecule has 3 N–H and O–H groups in total. The second-order valence-corrected chi connectivity index (χ2v) is 18.7. The first-order chi connectivity index (χ1) is 28.0. The SMILES string of the molecule is CC[C@@H]1CC1(NC(=O)[C@@H]1C[C@H](Oc2cc(-c3csc(NC(C)C)n3)nc3c(Cl)c(OCC#N)ccc23)CN1C(=O)[C@@H](NC(=O)OC1C[C@@H]2C[C@@H]2C1)C(C)(C)C)C(=O)OC. The fourth-order valence-corrected chi connectivity index (χ4v) is 9.67. The van der Waals surface area contributed by atoms with Gasteiger partial charge in [0.05, 0.1) is 24.9 Å². The van der Waals surface area contributed by atoms with E-state index in [9.17, 15) is 19.2 Å². The molecule has 4 fully saturated rings. The number of rotatable bonds is 14. The first-order valence-corrected chi connectivity index (χ1v) is 21.5. The van der Waals surface area contributed by atoms with Crippen LogP contribution in [0.1, 0.15) is 80.1 Å². The molecule has 7 rings (SSSR count). The Morgan fingerprint density at radius 3 is 2.46 bits per heavy atom. The normalized spacial score (nSPS) is 26.1. The van der Waals surface area contributed by atoms with E-state index in [1.807, 2.05) is 53.0 Å². The monoisotopic (exact) mass is 849 g/mol. The Hall–Kier alpha value is -4.88. The molecule has 15 nitrogen and oxygen atoms in total. The summed E-state index contributed by atoms with van der Waals surface area (Å²) in [6.07, 6.45) is 2.34. The van der Waals surface area contributed by atoms with Gasteiger partial charge in [-0.05, 0) is 74.8 Å². The molecule has 8 atom stereocenters. The number of hydrogen-bond acceptors (Lipinski definition) is 13. The van der Waals surface area contributed by atoms with Crippen LogP contribution in [-0.2, 0) is 23.9 Å². The minimum Gasteiger partial charge on any atom is -0.488 e. The lowest BCUT2D eigenvalue weighted by Gasteiger charge is -2.35. The Kier molecular flexibility index (Phi) is 11.9. The van der Waals surface area contributed by atoms with Crippen LogP contribution >= 0.6 is 22.9 Å². The van der Waals surface area contributed by atoms with E-state index in [4.69, 9.17) is 45.8 Å². The maximum absolute atomic E-state index is 14.8. The number of likely N-dealkylation sites (tertiary alicyclic amines) is 1. The van der Waals surface area contributed by atoms with Gasteiger partial charge in [0.1, 0.15) is 58.1 Å². The number of ether oxygens (including phenoxy) is 4. The van der Waals surface area contributed by atoms with E-state index in [0.29, 0.717) is 57.8 Å². The van der Waals surface area contributed by atoms with E-state index in [2.05, 4.69) is 16.0 Å². The summed E-state index contributed by atoms with van der Waals surface area (Å²) in [6, 6.07) is 5.07. The number of carbonyl (C=O) groups is 4. The first kappa shape index (κ1) is 42.3. The van der Waals surface area contributed by atoms with Crippen molar-refractivity contribution < 1.29 is 38.1 Å². The Bertz CT molecular complexity index is 2160. The molecule has 3 amide bonds. The molecule has 59 heavy (non-hydrogen) atoms. The third-order valence-electron chi connectivity index (χ3n) is 11.8. The van der Waals surface area contributed by atoms with Gasteiger partial charge in [-0.3, -0.25) is 9.59 Å². The van der Waals surface area contributed by atoms with E-state index in [0.717, 1.165) is 12.8 Å². The molecule has 1 saturated heterocycles. The average Bonchev–Trinajstić information content (AvgIpc) is 3.85. The molecule has 17 heteroatoms. The maximum atomic E-state index is 14.8. The van der Waals surface area contributed by atoms with Crippen LogP contribution in [0, 0.1) is 34.5 Å². The predicted molar refractivity (Wildman–Crippen MR) is 221 cm³/mol. The quantitative estimate of drug-likeness (QED) is 0.150.